The number of carbonyl (C=O) groups excluding carboxylic acids is 1. The third kappa shape index (κ3) is 5.98. The number of hydrogen-bond acceptors (Lipinski definition) is 5. The number of rotatable bonds is 10. The first-order valence-electron chi connectivity index (χ1n) is 12.0. The third-order valence-corrected chi connectivity index (χ3v) is 7.88. The highest BCUT2D eigenvalue weighted by Gasteiger charge is 2.31. The number of benzene rings is 4. The fraction of sp³-hybridized carbons (Fsp3) is 0.167. The summed E-state index contributed by atoms with van der Waals surface area (Å²) in [4.78, 5) is 13.5. The average Bonchev–Trinajstić information content (AvgIpc) is 2.95. The summed E-state index contributed by atoms with van der Waals surface area (Å²) in [6.07, 6.45) is 0. The average molecular weight is 531 g/mol. The van der Waals surface area contributed by atoms with Crippen LogP contribution in [0, 0.1) is 6.92 Å². The first-order valence-corrected chi connectivity index (χ1v) is 13.5. The van der Waals surface area contributed by atoms with Gasteiger partial charge in [0.05, 0.1) is 25.9 Å². The minimum atomic E-state index is -4.21. The Hall–Kier alpha value is -4.30. The highest BCUT2D eigenvalue weighted by molar-refractivity contribution is 7.93. The van der Waals surface area contributed by atoms with Crippen LogP contribution in [0.15, 0.2) is 108 Å². The van der Waals surface area contributed by atoms with Crippen molar-refractivity contribution in [1.82, 2.24) is 5.32 Å². The minimum Gasteiger partial charge on any atom is -0.497 e. The standard InChI is InChI=1S/C30H30N2O5S/c1-22-17-18-27(37-3)28(19-22)38(34,35)32(25-15-10-16-26(20-25)36-2)21-29(33)31-30(23-11-6-4-7-12-23)24-13-8-5-9-14-24/h4-20,30H,21H2,1-3H3,(H,31,33). The molecule has 0 heterocycles. The number of nitrogens with zero attached hydrogens (tertiary/aromatic N) is 1. The van der Waals surface area contributed by atoms with E-state index in [2.05, 4.69) is 5.32 Å². The molecule has 0 unspecified atom stereocenters. The van der Waals surface area contributed by atoms with Gasteiger partial charge in [-0.05, 0) is 47.9 Å². The molecule has 38 heavy (non-hydrogen) atoms. The number of nitrogens with one attached hydrogen (secondary N) is 1. The molecule has 1 amide bonds. The lowest BCUT2D eigenvalue weighted by atomic mass is 9.99. The summed E-state index contributed by atoms with van der Waals surface area (Å²) in [6.45, 7) is 1.34. The molecule has 0 saturated carbocycles. The molecule has 1 N–H and O–H groups in total. The van der Waals surface area contributed by atoms with Gasteiger partial charge in [-0.1, -0.05) is 72.8 Å². The number of aryl methyl sites for hydroxylation is 1. The maximum atomic E-state index is 14.1. The molecular weight excluding hydrogens is 500 g/mol. The molecule has 0 bridgehead atoms. The van der Waals surface area contributed by atoms with Crippen LogP contribution in [0.4, 0.5) is 5.69 Å². The van der Waals surface area contributed by atoms with E-state index in [1.54, 1.807) is 43.3 Å². The van der Waals surface area contributed by atoms with Crippen molar-refractivity contribution < 1.29 is 22.7 Å². The van der Waals surface area contributed by atoms with Crippen molar-refractivity contribution in [3.63, 3.8) is 0 Å². The molecule has 0 atom stereocenters. The Bertz CT molecular complexity index is 1450. The first kappa shape index (κ1) is 26.8. The van der Waals surface area contributed by atoms with Gasteiger partial charge in [0.2, 0.25) is 5.91 Å². The summed E-state index contributed by atoms with van der Waals surface area (Å²) >= 11 is 0. The Labute approximate surface area is 223 Å². The van der Waals surface area contributed by atoms with Gasteiger partial charge in [-0.25, -0.2) is 8.42 Å². The number of methoxy groups -OCH3 is 2. The van der Waals surface area contributed by atoms with E-state index in [1.807, 2.05) is 60.7 Å². The second-order valence-corrected chi connectivity index (χ2v) is 10.5. The lowest BCUT2D eigenvalue weighted by Gasteiger charge is -2.27. The Morgan fingerprint density at radius 3 is 2.03 bits per heavy atom. The van der Waals surface area contributed by atoms with Crippen LogP contribution in [-0.4, -0.2) is 35.1 Å². The summed E-state index contributed by atoms with van der Waals surface area (Å²) in [5, 5.41) is 3.03. The van der Waals surface area contributed by atoms with E-state index >= 15 is 0 Å². The van der Waals surface area contributed by atoms with Crippen molar-refractivity contribution in [2.45, 2.75) is 17.9 Å². The first-order chi connectivity index (χ1) is 18.3. The van der Waals surface area contributed by atoms with E-state index in [0.717, 1.165) is 21.0 Å². The van der Waals surface area contributed by atoms with Crippen LogP contribution in [-0.2, 0) is 14.8 Å². The van der Waals surface area contributed by atoms with Crippen LogP contribution in [0.5, 0.6) is 11.5 Å². The molecule has 4 aromatic carbocycles. The zero-order chi connectivity index (χ0) is 27.1. The fourth-order valence-electron chi connectivity index (χ4n) is 4.17. The van der Waals surface area contributed by atoms with Gasteiger partial charge in [-0.15, -0.1) is 0 Å². The van der Waals surface area contributed by atoms with Gasteiger partial charge < -0.3 is 14.8 Å². The summed E-state index contributed by atoms with van der Waals surface area (Å²) in [6, 6.07) is 30.1. The Morgan fingerprint density at radius 2 is 1.45 bits per heavy atom. The highest BCUT2D eigenvalue weighted by Crippen LogP contribution is 2.32. The van der Waals surface area contributed by atoms with Gasteiger partial charge in [-0.3, -0.25) is 9.10 Å². The number of carbonyl (C=O) groups is 1. The van der Waals surface area contributed by atoms with Crippen molar-refractivity contribution in [2.24, 2.45) is 0 Å². The lowest BCUT2D eigenvalue weighted by Crippen LogP contribution is -2.42. The summed E-state index contributed by atoms with van der Waals surface area (Å²) in [5.74, 6) is 0.182. The predicted molar refractivity (Wildman–Crippen MR) is 148 cm³/mol. The van der Waals surface area contributed by atoms with E-state index in [0.29, 0.717) is 11.4 Å². The molecule has 0 radical (unpaired) electrons. The maximum Gasteiger partial charge on any atom is 0.268 e. The summed E-state index contributed by atoms with van der Waals surface area (Å²) < 4.78 is 39.9. The van der Waals surface area contributed by atoms with Gasteiger partial charge in [0.25, 0.3) is 10.0 Å². The number of sulfonamides is 1. The molecule has 196 valence electrons. The van der Waals surface area contributed by atoms with E-state index in [9.17, 15) is 13.2 Å². The number of ether oxygens (including phenoxy) is 2. The molecule has 7 nitrogen and oxygen atoms in total. The van der Waals surface area contributed by atoms with Crippen LogP contribution in [0.3, 0.4) is 0 Å². The minimum absolute atomic E-state index is 0.0294. The molecule has 0 aliphatic heterocycles. The predicted octanol–water partition coefficient (Wildman–Crippen LogP) is 5.11. The number of amides is 1. The Balaban J connectivity index is 1.74. The smallest absolute Gasteiger partial charge is 0.268 e. The zero-order valence-corrected chi connectivity index (χ0v) is 22.3. The molecule has 8 heteroatoms. The second-order valence-electron chi connectivity index (χ2n) is 8.69. The van der Waals surface area contributed by atoms with Crippen molar-refractivity contribution in [1.29, 1.82) is 0 Å². The van der Waals surface area contributed by atoms with Crippen molar-refractivity contribution in [3.8, 4) is 11.5 Å². The SMILES string of the molecule is COc1cccc(N(CC(=O)NC(c2ccccc2)c2ccccc2)S(=O)(=O)c2cc(C)ccc2OC)c1. The number of anilines is 1. The summed E-state index contributed by atoms with van der Waals surface area (Å²) in [5.41, 5.74) is 2.79. The summed E-state index contributed by atoms with van der Waals surface area (Å²) in [7, 11) is -1.30. The van der Waals surface area contributed by atoms with Gasteiger partial charge in [0, 0.05) is 6.07 Å². The normalized spacial score (nSPS) is 11.2. The topological polar surface area (TPSA) is 84.9 Å². The van der Waals surface area contributed by atoms with E-state index < -0.39 is 28.5 Å². The third-order valence-electron chi connectivity index (χ3n) is 6.09. The molecule has 4 rings (SSSR count). The van der Waals surface area contributed by atoms with Gasteiger partial charge >= 0.3 is 0 Å². The van der Waals surface area contributed by atoms with Crippen LogP contribution in [0.25, 0.3) is 0 Å². The van der Waals surface area contributed by atoms with Crippen LogP contribution >= 0.6 is 0 Å². The van der Waals surface area contributed by atoms with Gasteiger partial charge in [-0.2, -0.15) is 0 Å². The molecule has 0 saturated heterocycles. The van der Waals surface area contributed by atoms with E-state index in [-0.39, 0.29) is 10.6 Å². The molecule has 4 aromatic rings. The van der Waals surface area contributed by atoms with Crippen LogP contribution < -0.4 is 19.1 Å². The van der Waals surface area contributed by atoms with Gasteiger partial charge in [0.15, 0.2) is 0 Å². The van der Waals surface area contributed by atoms with Gasteiger partial charge in [0.1, 0.15) is 22.9 Å². The highest BCUT2D eigenvalue weighted by atomic mass is 32.2. The lowest BCUT2D eigenvalue weighted by molar-refractivity contribution is -0.120. The van der Waals surface area contributed by atoms with Crippen molar-refractivity contribution in [2.75, 3.05) is 25.1 Å². The Kier molecular flexibility index (Phi) is 8.33. The zero-order valence-electron chi connectivity index (χ0n) is 21.5. The maximum absolute atomic E-state index is 14.1. The van der Waals surface area contributed by atoms with Crippen molar-refractivity contribution >= 4 is 21.6 Å². The van der Waals surface area contributed by atoms with E-state index in [4.69, 9.17) is 9.47 Å². The van der Waals surface area contributed by atoms with Crippen LogP contribution in [0.1, 0.15) is 22.7 Å². The largest absolute Gasteiger partial charge is 0.497 e. The molecule has 0 aliphatic rings. The second kappa shape index (κ2) is 11.8. The van der Waals surface area contributed by atoms with Crippen molar-refractivity contribution in [3.05, 3.63) is 120 Å². The molecule has 0 aromatic heterocycles. The molecule has 0 spiro atoms. The van der Waals surface area contributed by atoms with Crippen LogP contribution in [0.2, 0.25) is 0 Å². The molecule has 0 fully saturated rings. The molecular formula is C30H30N2O5S. The fourth-order valence-corrected chi connectivity index (χ4v) is 5.83. The quantitative estimate of drug-likeness (QED) is 0.308. The number of hydrogen-bond donors (Lipinski definition) is 1. The monoisotopic (exact) mass is 530 g/mol. The Morgan fingerprint density at radius 1 is 0.816 bits per heavy atom. The molecule has 0 aliphatic carbocycles. The van der Waals surface area contributed by atoms with E-state index in [1.165, 1.54) is 20.3 Å².